The molecule has 0 heterocycles. The van der Waals surface area contributed by atoms with Crippen LogP contribution in [-0.4, -0.2) is 38.2 Å². The summed E-state index contributed by atoms with van der Waals surface area (Å²) in [4.78, 5) is 0. The van der Waals surface area contributed by atoms with Crippen LogP contribution in [0.2, 0.25) is 0 Å². The number of hydrogen-bond donors (Lipinski definition) is 1. The van der Waals surface area contributed by atoms with E-state index in [0.717, 1.165) is 32.1 Å². The SMILES string of the molecule is CS(=O)(=O)C1CCCC(OC2CCCCCC2N)C1. The molecule has 0 saturated heterocycles. The molecule has 0 spiro atoms. The first-order valence-electron chi connectivity index (χ1n) is 7.56. The van der Waals surface area contributed by atoms with E-state index in [1.165, 1.54) is 25.5 Å². The quantitative estimate of drug-likeness (QED) is 0.807. The molecular formula is C14H27NO3S. The number of ether oxygens (including phenoxy) is 1. The molecule has 0 aromatic carbocycles. The van der Waals surface area contributed by atoms with E-state index in [1.807, 2.05) is 0 Å². The summed E-state index contributed by atoms with van der Waals surface area (Å²) in [5.74, 6) is 0. The molecule has 5 heteroatoms. The normalized spacial score (nSPS) is 37.8. The lowest BCUT2D eigenvalue weighted by molar-refractivity contribution is -0.0430. The van der Waals surface area contributed by atoms with Crippen LogP contribution in [0, 0.1) is 0 Å². The maximum atomic E-state index is 11.7. The van der Waals surface area contributed by atoms with Crippen molar-refractivity contribution in [1.29, 1.82) is 0 Å². The van der Waals surface area contributed by atoms with E-state index in [1.54, 1.807) is 0 Å². The largest absolute Gasteiger partial charge is 0.373 e. The first-order chi connectivity index (χ1) is 8.97. The fourth-order valence-electron chi connectivity index (χ4n) is 3.33. The van der Waals surface area contributed by atoms with Crippen LogP contribution in [0.4, 0.5) is 0 Å². The van der Waals surface area contributed by atoms with Crippen molar-refractivity contribution < 1.29 is 13.2 Å². The van der Waals surface area contributed by atoms with Gasteiger partial charge in [-0.1, -0.05) is 19.3 Å². The van der Waals surface area contributed by atoms with E-state index in [0.29, 0.717) is 6.42 Å². The lowest BCUT2D eigenvalue weighted by Crippen LogP contribution is -2.41. The van der Waals surface area contributed by atoms with E-state index < -0.39 is 9.84 Å². The Bertz CT molecular complexity index is 382. The molecular weight excluding hydrogens is 262 g/mol. The third-order valence-electron chi connectivity index (χ3n) is 4.55. The van der Waals surface area contributed by atoms with Crippen LogP contribution in [0.15, 0.2) is 0 Å². The van der Waals surface area contributed by atoms with Crippen molar-refractivity contribution in [1.82, 2.24) is 0 Å². The van der Waals surface area contributed by atoms with E-state index >= 15 is 0 Å². The maximum Gasteiger partial charge on any atom is 0.150 e. The monoisotopic (exact) mass is 289 g/mol. The van der Waals surface area contributed by atoms with Gasteiger partial charge in [0.1, 0.15) is 9.84 Å². The summed E-state index contributed by atoms with van der Waals surface area (Å²) in [5.41, 5.74) is 6.17. The van der Waals surface area contributed by atoms with E-state index in [4.69, 9.17) is 10.5 Å². The molecule has 2 N–H and O–H groups in total. The van der Waals surface area contributed by atoms with Crippen molar-refractivity contribution in [2.24, 2.45) is 5.73 Å². The van der Waals surface area contributed by atoms with Crippen molar-refractivity contribution in [2.45, 2.75) is 81.3 Å². The Hall–Kier alpha value is -0.130. The van der Waals surface area contributed by atoms with Gasteiger partial charge in [0, 0.05) is 12.3 Å². The highest BCUT2D eigenvalue weighted by Crippen LogP contribution is 2.29. The fourth-order valence-corrected chi connectivity index (χ4v) is 4.49. The minimum atomic E-state index is -2.93. The van der Waals surface area contributed by atoms with Gasteiger partial charge in [-0.05, 0) is 38.5 Å². The molecule has 2 fully saturated rings. The highest BCUT2D eigenvalue weighted by Gasteiger charge is 2.32. The zero-order valence-corrected chi connectivity index (χ0v) is 12.7. The molecule has 2 rings (SSSR count). The third-order valence-corrected chi connectivity index (χ3v) is 6.19. The van der Waals surface area contributed by atoms with Crippen LogP contribution in [0.1, 0.15) is 57.8 Å². The van der Waals surface area contributed by atoms with Crippen LogP contribution in [0.5, 0.6) is 0 Å². The van der Waals surface area contributed by atoms with Crippen molar-refractivity contribution in [3.63, 3.8) is 0 Å². The zero-order chi connectivity index (χ0) is 13.9. The van der Waals surface area contributed by atoms with Gasteiger partial charge in [-0.3, -0.25) is 0 Å². The lowest BCUT2D eigenvalue weighted by atomic mass is 9.96. The van der Waals surface area contributed by atoms with Gasteiger partial charge in [0.15, 0.2) is 0 Å². The molecule has 2 saturated carbocycles. The molecule has 4 unspecified atom stereocenters. The van der Waals surface area contributed by atoms with Crippen LogP contribution >= 0.6 is 0 Å². The van der Waals surface area contributed by atoms with Crippen molar-refractivity contribution in [3.8, 4) is 0 Å². The van der Waals surface area contributed by atoms with Gasteiger partial charge in [-0.25, -0.2) is 8.42 Å². The first-order valence-corrected chi connectivity index (χ1v) is 9.52. The second kappa shape index (κ2) is 6.55. The number of hydrogen-bond acceptors (Lipinski definition) is 4. The van der Waals surface area contributed by atoms with E-state index in [9.17, 15) is 8.42 Å². The predicted octanol–water partition coefficient (Wildman–Crippen LogP) is 2.02. The smallest absolute Gasteiger partial charge is 0.150 e. The van der Waals surface area contributed by atoms with Gasteiger partial charge in [0.2, 0.25) is 0 Å². The number of rotatable bonds is 3. The Labute approximate surface area is 117 Å². The Kier molecular flexibility index (Phi) is 5.26. The summed E-state index contributed by atoms with van der Waals surface area (Å²) in [6, 6.07) is 0.126. The molecule has 4 nitrogen and oxygen atoms in total. The van der Waals surface area contributed by atoms with Gasteiger partial charge in [0.05, 0.1) is 17.5 Å². The van der Waals surface area contributed by atoms with Crippen LogP contribution in [-0.2, 0) is 14.6 Å². The molecule has 0 bridgehead atoms. The summed E-state index contributed by atoms with van der Waals surface area (Å²) in [6.07, 6.45) is 10.6. The summed E-state index contributed by atoms with van der Waals surface area (Å²) >= 11 is 0. The lowest BCUT2D eigenvalue weighted by Gasteiger charge is -2.33. The third kappa shape index (κ3) is 4.43. The van der Waals surface area contributed by atoms with E-state index in [2.05, 4.69) is 0 Å². The predicted molar refractivity (Wildman–Crippen MR) is 76.8 cm³/mol. The van der Waals surface area contributed by atoms with Gasteiger partial charge < -0.3 is 10.5 Å². The Morgan fingerprint density at radius 2 is 1.74 bits per heavy atom. The van der Waals surface area contributed by atoms with Crippen molar-refractivity contribution in [3.05, 3.63) is 0 Å². The topological polar surface area (TPSA) is 69.4 Å². The van der Waals surface area contributed by atoms with Crippen LogP contribution in [0.3, 0.4) is 0 Å². The molecule has 2 aliphatic rings. The van der Waals surface area contributed by atoms with Gasteiger partial charge >= 0.3 is 0 Å². The van der Waals surface area contributed by atoms with E-state index in [-0.39, 0.29) is 23.5 Å². The molecule has 4 atom stereocenters. The van der Waals surface area contributed by atoms with Crippen LogP contribution in [0.25, 0.3) is 0 Å². The average Bonchev–Trinajstić information content (AvgIpc) is 2.54. The molecule has 2 aliphatic carbocycles. The molecule has 0 amide bonds. The second-order valence-corrected chi connectivity index (χ2v) is 8.54. The molecule has 0 aromatic heterocycles. The van der Waals surface area contributed by atoms with Gasteiger partial charge in [-0.2, -0.15) is 0 Å². The zero-order valence-electron chi connectivity index (χ0n) is 11.9. The minimum absolute atomic E-state index is 0.0858. The van der Waals surface area contributed by atoms with Gasteiger partial charge in [0.25, 0.3) is 0 Å². The second-order valence-electron chi connectivity index (χ2n) is 6.22. The Morgan fingerprint density at radius 3 is 2.47 bits per heavy atom. The average molecular weight is 289 g/mol. The molecule has 19 heavy (non-hydrogen) atoms. The Morgan fingerprint density at radius 1 is 1.00 bits per heavy atom. The summed E-state index contributed by atoms with van der Waals surface area (Å²) < 4.78 is 29.5. The summed E-state index contributed by atoms with van der Waals surface area (Å²) in [6.45, 7) is 0. The van der Waals surface area contributed by atoms with Crippen LogP contribution < -0.4 is 5.73 Å². The molecule has 0 radical (unpaired) electrons. The first kappa shape index (κ1) is 15.3. The van der Waals surface area contributed by atoms with Gasteiger partial charge in [-0.15, -0.1) is 0 Å². The summed E-state index contributed by atoms with van der Waals surface area (Å²) in [7, 11) is -2.93. The maximum absolute atomic E-state index is 11.7. The highest BCUT2D eigenvalue weighted by atomic mass is 32.2. The standard InChI is InChI=1S/C14H27NO3S/c1-19(16,17)12-7-5-6-11(10-12)18-14-9-4-2-3-8-13(14)15/h11-14H,2-10,15H2,1H3. The van der Waals surface area contributed by atoms with Crippen molar-refractivity contribution in [2.75, 3.05) is 6.26 Å². The molecule has 112 valence electrons. The Balaban J connectivity index is 1.91. The fraction of sp³-hybridized carbons (Fsp3) is 1.00. The summed E-state index contributed by atoms with van der Waals surface area (Å²) in [5, 5.41) is -0.215. The molecule has 0 aromatic rings. The minimum Gasteiger partial charge on any atom is -0.373 e. The highest BCUT2D eigenvalue weighted by molar-refractivity contribution is 7.91. The number of sulfone groups is 1. The molecule has 0 aliphatic heterocycles. The number of nitrogens with two attached hydrogens (primary N) is 1. The van der Waals surface area contributed by atoms with Crippen molar-refractivity contribution >= 4 is 9.84 Å².